The maximum Gasteiger partial charge on any atom is 0.343 e. The smallest absolute Gasteiger partial charge is 0.323 e. The van der Waals surface area contributed by atoms with Crippen molar-refractivity contribution in [1.82, 2.24) is 4.90 Å². The maximum absolute atomic E-state index is 11.1. The van der Waals surface area contributed by atoms with Crippen molar-refractivity contribution in [2.45, 2.75) is 27.2 Å². The number of aliphatic imine (C=N–C) groups is 1. The molecule has 0 spiro atoms. The maximum atomic E-state index is 11.1. The van der Waals surface area contributed by atoms with Crippen molar-refractivity contribution in [2.24, 2.45) is 4.99 Å². The van der Waals surface area contributed by atoms with Crippen molar-refractivity contribution >= 4 is 12.2 Å². The molecule has 3 heteroatoms. The van der Waals surface area contributed by atoms with E-state index in [1.165, 1.54) is 0 Å². The van der Waals surface area contributed by atoms with Gasteiger partial charge in [-0.05, 0) is 20.3 Å². The van der Waals surface area contributed by atoms with Crippen LogP contribution in [0.15, 0.2) is 4.99 Å². The summed E-state index contributed by atoms with van der Waals surface area (Å²) in [6.45, 7) is 7.32. The van der Waals surface area contributed by atoms with Gasteiger partial charge in [0.1, 0.15) is 0 Å². The molecule has 0 radical (unpaired) electrons. The molecule has 0 unspecified atom stereocenters. The number of hydrogen-bond acceptors (Lipinski definition) is 1. The summed E-state index contributed by atoms with van der Waals surface area (Å²) in [5, 5.41) is 0. The molecule has 0 atom stereocenters. The number of hydrogen-bond donors (Lipinski definition) is 0. The lowest BCUT2D eigenvalue weighted by atomic mass is 10.5. The number of urea groups is 1. The molecule has 0 aliphatic heterocycles. The molecule has 0 bridgehead atoms. The van der Waals surface area contributed by atoms with Gasteiger partial charge in [-0.25, -0.2) is 9.79 Å². The highest BCUT2D eigenvalue weighted by molar-refractivity contribution is 5.83. The van der Waals surface area contributed by atoms with Crippen LogP contribution in [-0.2, 0) is 0 Å². The average Bonchev–Trinajstić information content (AvgIpc) is 2.03. The van der Waals surface area contributed by atoms with Crippen LogP contribution in [0.5, 0.6) is 0 Å². The summed E-state index contributed by atoms with van der Waals surface area (Å²) in [7, 11) is 0. The van der Waals surface area contributed by atoms with Crippen LogP contribution in [0.4, 0.5) is 4.79 Å². The summed E-state index contributed by atoms with van der Waals surface area (Å²) in [6, 6.07) is -0.128. The third-order valence-electron chi connectivity index (χ3n) is 1.42. The Morgan fingerprint density at radius 3 is 2.27 bits per heavy atom. The average molecular weight is 156 g/mol. The Labute approximate surface area is 68.1 Å². The second-order valence-corrected chi connectivity index (χ2v) is 2.17. The van der Waals surface area contributed by atoms with Crippen LogP contribution in [0, 0.1) is 0 Å². The van der Waals surface area contributed by atoms with E-state index >= 15 is 0 Å². The van der Waals surface area contributed by atoms with E-state index in [1.807, 2.05) is 20.8 Å². The lowest BCUT2D eigenvalue weighted by molar-refractivity contribution is 0.213. The van der Waals surface area contributed by atoms with E-state index in [0.29, 0.717) is 0 Å². The van der Waals surface area contributed by atoms with Crippen molar-refractivity contribution in [3.63, 3.8) is 0 Å². The van der Waals surface area contributed by atoms with Crippen LogP contribution in [0.3, 0.4) is 0 Å². The molecule has 0 fully saturated rings. The van der Waals surface area contributed by atoms with Crippen molar-refractivity contribution in [3.05, 3.63) is 0 Å². The molecule has 2 amide bonds. The molecule has 0 N–H and O–H groups in total. The molecule has 0 aliphatic carbocycles. The number of carbonyl (C=O) groups is 1. The summed E-state index contributed by atoms with van der Waals surface area (Å²) in [5.41, 5.74) is 0. The summed E-state index contributed by atoms with van der Waals surface area (Å²) in [4.78, 5) is 16.5. The van der Waals surface area contributed by atoms with Crippen molar-refractivity contribution in [2.75, 3.05) is 13.1 Å². The first-order valence-electron chi connectivity index (χ1n) is 4.07. The topological polar surface area (TPSA) is 32.7 Å². The first kappa shape index (κ1) is 10.1. The molecule has 0 saturated heterocycles. The molecule has 64 valence electrons. The second kappa shape index (κ2) is 5.89. The fourth-order valence-corrected chi connectivity index (χ4v) is 0.745. The molecule has 0 aromatic rings. The van der Waals surface area contributed by atoms with Gasteiger partial charge in [0.15, 0.2) is 0 Å². The van der Waals surface area contributed by atoms with Gasteiger partial charge in [-0.1, -0.05) is 6.92 Å². The number of carbonyl (C=O) groups excluding carboxylic acids is 1. The van der Waals surface area contributed by atoms with E-state index in [-0.39, 0.29) is 6.03 Å². The number of nitrogens with zero attached hydrogens (tertiary/aromatic N) is 2. The van der Waals surface area contributed by atoms with Gasteiger partial charge in [-0.3, -0.25) is 0 Å². The fraction of sp³-hybridized carbons (Fsp3) is 0.750. The van der Waals surface area contributed by atoms with Gasteiger partial charge in [-0.15, -0.1) is 0 Å². The van der Waals surface area contributed by atoms with Gasteiger partial charge >= 0.3 is 6.03 Å². The Morgan fingerprint density at radius 2 is 1.91 bits per heavy atom. The molecule has 0 aliphatic rings. The molecular formula is C8H16N2O. The molecule has 3 nitrogen and oxygen atoms in total. The zero-order valence-corrected chi connectivity index (χ0v) is 7.50. The summed E-state index contributed by atoms with van der Waals surface area (Å²) >= 11 is 0. The first-order valence-corrected chi connectivity index (χ1v) is 4.07. The van der Waals surface area contributed by atoms with Crippen LogP contribution in [0.25, 0.3) is 0 Å². The van der Waals surface area contributed by atoms with Crippen LogP contribution in [-0.4, -0.2) is 30.2 Å². The van der Waals surface area contributed by atoms with Gasteiger partial charge in [-0.2, -0.15) is 0 Å². The quantitative estimate of drug-likeness (QED) is 0.575. The summed E-state index contributed by atoms with van der Waals surface area (Å²) in [5.74, 6) is 0. The minimum Gasteiger partial charge on any atom is -0.323 e. The Morgan fingerprint density at radius 1 is 1.36 bits per heavy atom. The van der Waals surface area contributed by atoms with Gasteiger partial charge in [0.25, 0.3) is 0 Å². The second-order valence-electron chi connectivity index (χ2n) is 2.17. The lowest BCUT2D eigenvalue weighted by Gasteiger charge is -2.14. The molecule has 0 heterocycles. The van der Waals surface area contributed by atoms with Gasteiger partial charge in [0.05, 0.1) is 0 Å². The molecular weight excluding hydrogens is 140 g/mol. The van der Waals surface area contributed by atoms with Crippen LogP contribution in [0.1, 0.15) is 27.2 Å². The fourth-order valence-electron chi connectivity index (χ4n) is 0.745. The van der Waals surface area contributed by atoms with E-state index < -0.39 is 0 Å². The lowest BCUT2D eigenvalue weighted by Crippen LogP contribution is -2.27. The Kier molecular flexibility index (Phi) is 5.43. The summed E-state index contributed by atoms with van der Waals surface area (Å²) in [6.07, 6.45) is 2.45. The highest BCUT2D eigenvalue weighted by Gasteiger charge is 2.04. The first-order chi connectivity index (χ1) is 5.26. The largest absolute Gasteiger partial charge is 0.343 e. The third-order valence-corrected chi connectivity index (χ3v) is 1.42. The third kappa shape index (κ3) is 3.75. The SMILES string of the molecule is CCC=NC(=O)N(CC)CC. The van der Waals surface area contributed by atoms with Crippen molar-refractivity contribution < 1.29 is 4.79 Å². The van der Waals surface area contributed by atoms with E-state index in [2.05, 4.69) is 4.99 Å². The monoisotopic (exact) mass is 156 g/mol. The normalized spacial score (nSPS) is 10.5. The van der Waals surface area contributed by atoms with E-state index in [1.54, 1.807) is 11.1 Å². The molecule has 0 aromatic heterocycles. The Hall–Kier alpha value is -0.860. The van der Waals surface area contributed by atoms with E-state index in [9.17, 15) is 4.79 Å². The van der Waals surface area contributed by atoms with Crippen LogP contribution >= 0.6 is 0 Å². The standard InChI is InChI=1S/C8H16N2O/c1-4-7-9-8(11)10(5-2)6-3/h7H,4-6H2,1-3H3. The molecule has 11 heavy (non-hydrogen) atoms. The van der Waals surface area contributed by atoms with Crippen LogP contribution < -0.4 is 0 Å². The van der Waals surface area contributed by atoms with Gasteiger partial charge in [0, 0.05) is 19.3 Å². The minimum absolute atomic E-state index is 0.128. The van der Waals surface area contributed by atoms with E-state index in [4.69, 9.17) is 0 Å². The summed E-state index contributed by atoms with van der Waals surface area (Å²) < 4.78 is 0. The Bertz CT molecular complexity index is 139. The number of amides is 2. The number of rotatable bonds is 3. The molecule has 0 aromatic carbocycles. The zero-order valence-electron chi connectivity index (χ0n) is 7.50. The molecule has 0 saturated carbocycles. The predicted octanol–water partition coefficient (Wildman–Crippen LogP) is 1.93. The predicted molar refractivity (Wildman–Crippen MR) is 47.1 cm³/mol. The zero-order chi connectivity index (χ0) is 8.69. The van der Waals surface area contributed by atoms with E-state index in [0.717, 1.165) is 19.5 Å². The highest BCUT2D eigenvalue weighted by atomic mass is 16.2. The minimum atomic E-state index is -0.128. The molecule has 0 rings (SSSR count). The van der Waals surface area contributed by atoms with Crippen LogP contribution in [0.2, 0.25) is 0 Å². The highest BCUT2D eigenvalue weighted by Crippen LogP contribution is 1.91. The van der Waals surface area contributed by atoms with Crippen molar-refractivity contribution in [3.8, 4) is 0 Å². The Balaban J connectivity index is 3.88. The van der Waals surface area contributed by atoms with Gasteiger partial charge < -0.3 is 4.90 Å². The van der Waals surface area contributed by atoms with Gasteiger partial charge in [0.2, 0.25) is 0 Å². The van der Waals surface area contributed by atoms with Crippen molar-refractivity contribution in [1.29, 1.82) is 0 Å².